The zero-order valence-electron chi connectivity index (χ0n) is 13.4. The molecule has 0 bridgehead atoms. The van der Waals surface area contributed by atoms with Gasteiger partial charge < -0.3 is 4.74 Å². The molecule has 124 valence electrons. The summed E-state index contributed by atoms with van der Waals surface area (Å²) in [4.78, 5) is 2.32. The van der Waals surface area contributed by atoms with Gasteiger partial charge in [-0.2, -0.15) is 0 Å². The number of morpholine rings is 1. The normalized spacial score (nSPS) is 18.3. The first-order valence-electron chi connectivity index (χ1n) is 7.77. The Hall–Kier alpha value is -0.950. The van der Waals surface area contributed by atoms with Crippen molar-refractivity contribution in [2.75, 3.05) is 39.4 Å². The van der Waals surface area contributed by atoms with Crippen molar-refractivity contribution in [2.45, 2.75) is 19.6 Å². The molecule has 0 saturated carbocycles. The van der Waals surface area contributed by atoms with Gasteiger partial charge >= 0.3 is 0 Å². The molecule has 0 amide bonds. The Kier molecular flexibility index (Phi) is 6.37. The second-order valence-electron chi connectivity index (χ2n) is 6.11. The lowest BCUT2D eigenvalue weighted by atomic mass is 10.1. The molecule has 2 rings (SSSR count). The van der Waals surface area contributed by atoms with Crippen molar-refractivity contribution in [3.8, 4) is 0 Å². The highest BCUT2D eigenvalue weighted by molar-refractivity contribution is 7.88. The van der Waals surface area contributed by atoms with Crippen LogP contribution in [-0.4, -0.2) is 52.7 Å². The second kappa shape index (κ2) is 8.06. The molecule has 1 N–H and O–H groups in total. The van der Waals surface area contributed by atoms with Crippen LogP contribution in [0.1, 0.15) is 18.1 Å². The molecule has 1 aliphatic rings. The fourth-order valence-electron chi connectivity index (χ4n) is 2.63. The monoisotopic (exact) mass is 326 g/mol. The van der Waals surface area contributed by atoms with Crippen LogP contribution in [-0.2, 0) is 20.5 Å². The second-order valence-corrected chi connectivity index (χ2v) is 7.92. The lowest BCUT2D eigenvalue weighted by molar-refractivity contribution is 0.0321. The molecule has 1 saturated heterocycles. The van der Waals surface area contributed by atoms with E-state index < -0.39 is 10.0 Å². The SMILES string of the molecule is Cc1cccc(CS(=O)(=O)NC[C@H](C)CN2CCOCC2)c1. The van der Waals surface area contributed by atoms with Crippen molar-refractivity contribution in [1.82, 2.24) is 9.62 Å². The maximum Gasteiger partial charge on any atom is 0.215 e. The van der Waals surface area contributed by atoms with Crippen LogP contribution in [0, 0.1) is 12.8 Å². The van der Waals surface area contributed by atoms with E-state index in [2.05, 4.69) is 16.5 Å². The highest BCUT2D eigenvalue weighted by Crippen LogP contribution is 2.08. The van der Waals surface area contributed by atoms with Gasteiger partial charge in [0.1, 0.15) is 0 Å². The number of benzene rings is 1. The van der Waals surface area contributed by atoms with Crippen LogP contribution in [0.3, 0.4) is 0 Å². The van der Waals surface area contributed by atoms with Gasteiger partial charge in [0.05, 0.1) is 19.0 Å². The number of nitrogens with zero attached hydrogens (tertiary/aromatic N) is 1. The van der Waals surface area contributed by atoms with E-state index in [1.54, 1.807) is 0 Å². The van der Waals surface area contributed by atoms with Gasteiger partial charge in [-0.1, -0.05) is 36.8 Å². The number of rotatable bonds is 7. The molecular weight excluding hydrogens is 300 g/mol. The van der Waals surface area contributed by atoms with Crippen molar-refractivity contribution in [1.29, 1.82) is 0 Å². The standard InChI is InChI=1S/C16H26N2O3S/c1-14-4-3-5-16(10-14)13-22(19,20)17-11-15(2)12-18-6-8-21-9-7-18/h3-5,10,15,17H,6-9,11-13H2,1-2H3/t15-/m0/s1. The minimum Gasteiger partial charge on any atom is -0.379 e. The molecule has 0 aliphatic carbocycles. The summed E-state index contributed by atoms with van der Waals surface area (Å²) in [5.41, 5.74) is 1.90. The average Bonchev–Trinajstić information content (AvgIpc) is 2.46. The third-order valence-electron chi connectivity index (χ3n) is 3.76. The summed E-state index contributed by atoms with van der Waals surface area (Å²) in [6.45, 7) is 8.82. The van der Waals surface area contributed by atoms with Gasteiger partial charge in [0, 0.05) is 26.2 Å². The van der Waals surface area contributed by atoms with Gasteiger partial charge in [0.15, 0.2) is 0 Å². The Morgan fingerprint density at radius 3 is 2.73 bits per heavy atom. The third-order valence-corrected chi connectivity index (χ3v) is 5.08. The number of aryl methyl sites for hydroxylation is 1. The van der Waals surface area contributed by atoms with Crippen molar-refractivity contribution < 1.29 is 13.2 Å². The zero-order chi connectivity index (χ0) is 16.0. The zero-order valence-corrected chi connectivity index (χ0v) is 14.2. The van der Waals surface area contributed by atoms with Gasteiger partial charge in [-0.05, 0) is 18.4 Å². The molecule has 6 heteroatoms. The molecule has 0 radical (unpaired) electrons. The molecule has 1 aliphatic heterocycles. The Labute approximate surface area is 133 Å². The predicted octanol–water partition coefficient (Wildman–Crippen LogP) is 1.38. The van der Waals surface area contributed by atoms with Crippen LogP contribution in [0.2, 0.25) is 0 Å². The fourth-order valence-corrected chi connectivity index (χ4v) is 3.89. The van der Waals surface area contributed by atoms with Crippen LogP contribution in [0.25, 0.3) is 0 Å². The summed E-state index contributed by atoms with van der Waals surface area (Å²) >= 11 is 0. The van der Waals surface area contributed by atoms with E-state index in [1.807, 2.05) is 31.2 Å². The van der Waals surface area contributed by atoms with Gasteiger partial charge in [0.2, 0.25) is 10.0 Å². The highest BCUT2D eigenvalue weighted by atomic mass is 32.2. The Bertz CT molecular complexity index is 569. The fraction of sp³-hybridized carbons (Fsp3) is 0.625. The molecule has 1 atom stereocenters. The minimum absolute atomic E-state index is 0.0406. The van der Waals surface area contributed by atoms with E-state index in [9.17, 15) is 8.42 Å². The molecule has 0 aromatic heterocycles. The summed E-state index contributed by atoms with van der Waals surface area (Å²) in [7, 11) is -3.28. The summed E-state index contributed by atoms with van der Waals surface area (Å²) in [5.74, 6) is 0.323. The molecule has 0 spiro atoms. The minimum atomic E-state index is -3.28. The van der Waals surface area contributed by atoms with E-state index in [1.165, 1.54) is 0 Å². The molecule has 5 nitrogen and oxygen atoms in total. The summed E-state index contributed by atoms with van der Waals surface area (Å²) in [6, 6.07) is 7.62. The molecule has 0 unspecified atom stereocenters. The van der Waals surface area contributed by atoms with Crippen LogP contribution in [0.4, 0.5) is 0 Å². The largest absolute Gasteiger partial charge is 0.379 e. The lowest BCUT2D eigenvalue weighted by Gasteiger charge is -2.29. The lowest BCUT2D eigenvalue weighted by Crippen LogP contribution is -2.41. The predicted molar refractivity (Wildman–Crippen MR) is 88.2 cm³/mol. The third kappa shape index (κ3) is 6.04. The van der Waals surface area contributed by atoms with Gasteiger partial charge in [0.25, 0.3) is 0 Å². The maximum atomic E-state index is 12.2. The highest BCUT2D eigenvalue weighted by Gasteiger charge is 2.16. The van der Waals surface area contributed by atoms with Crippen LogP contribution in [0.5, 0.6) is 0 Å². The van der Waals surface area contributed by atoms with Crippen LogP contribution < -0.4 is 4.72 Å². The molecule has 22 heavy (non-hydrogen) atoms. The first-order chi connectivity index (χ1) is 10.4. The van der Waals surface area contributed by atoms with Crippen molar-refractivity contribution in [2.24, 2.45) is 5.92 Å². The van der Waals surface area contributed by atoms with E-state index >= 15 is 0 Å². The van der Waals surface area contributed by atoms with Crippen molar-refractivity contribution in [3.63, 3.8) is 0 Å². The molecule has 1 heterocycles. The smallest absolute Gasteiger partial charge is 0.215 e. The number of sulfonamides is 1. The van der Waals surface area contributed by atoms with Gasteiger partial charge in [-0.25, -0.2) is 13.1 Å². The molecular formula is C16H26N2O3S. The van der Waals surface area contributed by atoms with E-state index in [4.69, 9.17) is 4.74 Å². The summed E-state index contributed by atoms with van der Waals surface area (Å²) in [5, 5.41) is 0. The molecule has 1 aromatic carbocycles. The van der Waals surface area contributed by atoms with Crippen molar-refractivity contribution >= 4 is 10.0 Å². The summed E-state index contributed by atoms with van der Waals surface area (Å²) < 4.78 is 32.4. The Balaban J connectivity index is 1.78. The van der Waals surface area contributed by atoms with E-state index in [0.717, 1.165) is 44.0 Å². The first kappa shape index (κ1) is 17.4. The number of hydrogen-bond acceptors (Lipinski definition) is 4. The van der Waals surface area contributed by atoms with Crippen LogP contribution in [0.15, 0.2) is 24.3 Å². The quantitative estimate of drug-likeness (QED) is 0.822. The summed E-state index contributed by atoms with van der Waals surface area (Å²) in [6.07, 6.45) is 0. The maximum absolute atomic E-state index is 12.2. The first-order valence-corrected chi connectivity index (χ1v) is 9.43. The average molecular weight is 326 g/mol. The molecule has 1 fully saturated rings. The number of nitrogens with one attached hydrogen (secondary N) is 1. The van der Waals surface area contributed by atoms with E-state index in [0.29, 0.717) is 6.54 Å². The van der Waals surface area contributed by atoms with Gasteiger partial charge in [-0.15, -0.1) is 0 Å². The van der Waals surface area contributed by atoms with Crippen molar-refractivity contribution in [3.05, 3.63) is 35.4 Å². The number of hydrogen-bond donors (Lipinski definition) is 1. The Morgan fingerprint density at radius 2 is 2.05 bits per heavy atom. The molecule has 1 aromatic rings. The number of ether oxygens (including phenoxy) is 1. The topological polar surface area (TPSA) is 58.6 Å². The van der Waals surface area contributed by atoms with Crippen LogP contribution >= 0.6 is 0 Å². The van der Waals surface area contributed by atoms with E-state index in [-0.39, 0.29) is 11.7 Å². The Morgan fingerprint density at radius 1 is 1.32 bits per heavy atom. The van der Waals surface area contributed by atoms with Gasteiger partial charge in [-0.3, -0.25) is 4.90 Å².